The molecule has 2 rings (SSSR count). The molecule has 0 radical (unpaired) electrons. The van der Waals surface area contributed by atoms with Crippen molar-refractivity contribution in [2.45, 2.75) is 46.1 Å². The van der Waals surface area contributed by atoms with Crippen molar-refractivity contribution in [3.05, 3.63) is 50.1 Å². The smallest absolute Gasteiger partial charge is 0.303 e. The summed E-state index contributed by atoms with van der Waals surface area (Å²) in [4.78, 5) is 32.0. The van der Waals surface area contributed by atoms with Gasteiger partial charge in [-0.05, 0) is 45.3 Å². The molecule has 0 amide bonds. The Hall–Kier alpha value is -3.30. The third kappa shape index (κ3) is 4.90. The van der Waals surface area contributed by atoms with E-state index in [0.29, 0.717) is 18.6 Å². The van der Waals surface area contributed by atoms with Crippen LogP contribution < -0.4 is 5.43 Å². The first-order valence-corrected chi connectivity index (χ1v) is 8.63. The molecule has 1 atom stereocenters. The molecule has 10 nitrogen and oxygen atoms in total. The Morgan fingerprint density at radius 1 is 1.29 bits per heavy atom. The van der Waals surface area contributed by atoms with Gasteiger partial charge in [0.15, 0.2) is 0 Å². The van der Waals surface area contributed by atoms with Gasteiger partial charge in [-0.15, -0.1) is 0 Å². The topological polar surface area (TPSA) is 137 Å². The molecule has 28 heavy (non-hydrogen) atoms. The lowest BCUT2D eigenvalue weighted by atomic mass is 9.78. The number of ether oxygens (including phenoxy) is 1. The second-order valence-electron chi connectivity index (χ2n) is 7.11. The number of hydrogen-bond donors (Lipinski definition) is 1. The number of esters is 1. The molecule has 0 fully saturated rings. The molecule has 0 saturated carbocycles. The molecule has 0 heterocycles. The van der Waals surface area contributed by atoms with Gasteiger partial charge >= 0.3 is 11.7 Å². The number of nitro groups is 2. The third-order valence-corrected chi connectivity index (χ3v) is 4.69. The van der Waals surface area contributed by atoms with E-state index in [0.717, 1.165) is 11.6 Å². The first-order valence-electron chi connectivity index (χ1n) is 8.63. The highest BCUT2D eigenvalue weighted by atomic mass is 16.6. The van der Waals surface area contributed by atoms with Gasteiger partial charge in [0, 0.05) is 18.9 Å². The average Bonchev–Trinajstić information content (AvgIpc) is 2.59. The Morgan fingerprint density at radius 3 is 2.54 bits per heavy atom. The monoisotopic (exact) mass is 390 g/mol. The van der Waals surface area contributed by atoms with Gasteiger partial charge in [-0.25, -0.2) is 0 Å². The van der Waals surface area contributed by atoms with E-state index in [1.165, 1.54) is 19.1 Å². The maximum atomic E-state index is 11.3. The number of nitro benzene ring substituents is 2. The van der Waals surface area contributed by atoms with Gasteiger partial charge in [-0.3, -0.25) is 30.4 Å². The van der Waals surface area contributed by atoms with Crippen molar-refractivity contribution in [3.63, 3.8) is 0 Å². The first-order chi connectivity index (χ1) is 13.0. The highest BCUT2D eigenvalue weighted by Gasteiger charge is 2.35. The number of non-ortho nitro benzene ring substituents is 1. The van der Waals surface area contributed by atoms with Crippen LogP contribution in [0.1, 0.15) is 40.5 Å². The maximum Gasteiger partial charge on any atom is 0.303 e. The van der Waals surface area contributed by atoms with Gasteiger partial charge in [0.2, 0.25) is 0 Å². The molecule has 1 aromatic carbocycles. The van der Waals surface area contributed by atoms with Crippen molar-refractivity contribution in [2.75, 3.05) is 5.43 Å². The fraction of sp³-hybridized carbons (Fsp3) is 0.444. The summed E-state index contributed by atoms with van der Waals surface area (Å²) in [6, 6.07) is 3.31. The van der Waals surface area contributed by atoms with Gasteiger partial charge in [-0.1, -0.05) is 6.08 Å². The number of hydrogen-bond acceptors (Lipinski definition) is 8. The van der Waals surface area contributed by atoms with E-state index in [1.807, 2.05) is 26.8 Å². The van der Waals surface area contributed by atoms with Crippen LogP contribution in [-0.2, 0) is 9.53 Å². The fourth-order valence-electron chi connectivity index (χ4n) is 3.04. The van der Waals surface area contributed by atoms with Crippen LogP contribution in [0.15, 0.2) is 34.9 Å². The van der Waals surface area contributed by atoms with Crippen molar-refractivity contribution in [3.8, 4) is 0 Å². The molecule has 0 spiro atoms. The zero-order valence-corrected chi connectivity index (χ0v) is 16.1. The summed E-state index contributed by atoms with van der Waals surface area (Å²) < 4.78 is 5.41. The van der Waals surface area contributed by atoms with Crippen LogP contribution >= 0.6 is 0 Å². The summed E-state index contributed by atoms with van der Waals surface area (Å²) in [5, 5.41) is 26.3. The van der Waals surface area contributed by atoms with Crippen molar-refractivity contribution in [1.29, 1.82) is 0 Å². The third-order valence-electron chi connectivity index (χ3n) is 4.69. The molecule has 1 aliphatic carbocycles. The summed E-state index contributed by atoms with van der Waals surface area (Å²) in [6.07, 6.45) is 3.20. The predicted octanol–water partition coefficient (Wildman–Crippen LogP) is 3.97. The Morgan fingerprint density at radius 2 is 1.96 bits per heavy atom. The second kappa shape index (κ2) is 8.15. The summed E-state index contributed by atoms with van der Waals surface area (Å²) >= 11 is 0. The first kappa shape index (κ1) is 21.0. The van der Waals surface area contributed by atoms with E-state index in [4.69, 9.17) is 4.74 Å². The van der Waals surface area contributed by atoms with Crippen molar-refractivity contribution < 1.29 is 19.4 Å². The van der Waals surface area contributed by atoms with Crippen LogP contribution in [0.2, 0.25) is 0 Å². The molecule has 150 valence electrons. The molecule has 10 heteroatoms. The lowest BCUT2D eigenvalue weighted by Gasteiger charge is -2.35. The second-order valence-corrected chi connectivity index (χ2v) is 7.11. The lowest BCUT2D eigenvalue weighted by molar-refractivity contribution is -0.393. The van der Waals surface area contributed by atoms with Crippen LogP contribution in [0.3, 0.4) is 0 Å². The summed E-state index contributed by atoms with van der Waals surface area (Å²) in [5.41, 5.74) is 2.78. The van der Waals surface area contributed by atoms with Crippen molar-refractivity contribution >= 4 is 28.7 Å². The van der Waals surface area contributed by atoms with Crippen LogP contribution in [0, 0.1) is 26.1 Å². The van der Waals surface area contributed by atoms with Gasteiger partial charge in [0.1, 0.15) is 11.3 Å². The molecule has 1 unspecified atom stereocenters. The van der Waals surface area contributed by atoms with Gasteiger partial charge in [-0.2, -0.15) is 5.10 Å². The van der Waals surface area contributed by atoms with Gasteiger partial charge in [0.25, 0.3) is 5.69 Å². The predicted molar refractivity (Wildman–Crippen MR) is 103 cm³/mol. The zero-order valence-electron chi connectivity index (χ0n) is 16.1. The highest BCUT2D eigenvalue weighted by molar-refractivity contribution is 6.01. The molecule has 1 aromatic rings. The molecule has 0 saturated heterocycles. The lowest BCUT2D eigenvalue weighted by Crippen LogP contribution is -2.38. The van der Waals surface area contributed by atoms with Gasteiger partial charge in [0.05, 0.1) is 21.6 Å². The quantitative estimate of drug-likeness (QED) is 0.441. The van der Waals surface area contributed by atoms with E-state index in [-0.39, 0.29) is 23.3 Å². The number of allylic oxidation sites excluding steroid dienone is 2. The Bertz CT molecular complexity index is 875. The van der Waals surface area contributed by atoms with Crippen LogP contribution in [0.5, 0.6) is 0 Å². The molecule has 1 aliphatic rings. The van der Waals surface area contributed by atoms with E-state index in [1.54, 1.807) is 0 Å². The zero-order chi connectivity index (χ0) is 21.1. The number of benzene rings is 1. The van der Waals surface area contributed by atoms with E-state index in [2.05, 4.69) is 10.5 Å². The Balaban J connectivity index is 2.27. The summed E-state index contributed by atoms with van der Waals surface area (Å²) in [5.74, 6) is -0.373. The minimum Gasteiger partial charge on any atom is -0.460 e. The maximum absolute atomic E-state index is 11.3. The number of rotatable bonds is 6. The van der Waals surface area contributed by atoms with Crippen LogP contribution in [0.4, 0.5) is 17.1 Å². The number of nitrogens with zero attached hydrogens (tertiary/aromatic N) is 3. The standard InChI is InChI=1S/C18H22N4O6/c1-11-5-6-13(18(3,4)28-12(2)23)9-16(11)20-19-15-8-7-14(21(24)25)10-17(15)22(26)27/h5,7-8,10,13,19H,6,9H2,1-4H3/b20-16-. The summed E-state index contributed by atoms with van der Waals surface area (Å²) in [7, 11) is 0. The minimum absolute atomic E-state index is 0.00695. The van der Waals surface area contributed by atoms with E-state index in [9.17, 15) is 25.0 Å². The molecule has 0 aliphatic heterocycles. The van der Waals surface area contributed by atoms with E-state index < -0.39 is 21.1 Å². The number of hydrazone groups is 1. The summed E-state index contributed by atoms with van der Waals surface area (Å²) in [6.45, 7) is 6.90. The van der Waals surface area contributed by atoms with Crippen molar-refractivity contribution in [2.24, 2.45) is 11.0 Å². The molecule has 0 aromatic heterocycles. The number of anilines is 1. The molecular formula is C18H22N4O6. The fourth-order valence-corrected chi connectivity index (χ4v) is 3.04. The highest BCUT2D eigenvalue weighted by Crippen LogP contribution is 2.34. The SMILES string of the molecule is CC(=O)OC(C)(C)C1CC=C(C)/C(=N\Nc2ccc([N+](=O)[O-])cc2[N+](=O)[O-])C1. The normalized spacial score (nSPS) is 18.4. The minimum atomic E-state index is -0.703. The largest absolute Gasteiger partial charge is 0.460 e. The molecular weight excluding hydrogens is 368 g/mol. The Labute approximate surface area is 161 Å². The van der Waals surface area contributed by atoms with Gasteiger partial charge < -0.3 is 4.74 Å². The molecule has 0 bridgehead atoms. The van der Waals surface area contributed by atoms with E-state index >= 15 is 0 Å². The number of carbonyl (C=O) groups excluding carboxylic acids is 1. The number of carbonyl (C=O) groups is 1. The average molecular weight is 390 g/mol. The van der Waals surface area contributed by atoms with Crippen molar-refractivity contribution in [1.82, 2.24) is 0 Å². The van der Waals surface area contributed by atoms with Crippen LogP contribution in [-0.4, -0.2) is 27.1 Å². The number of nitrogens with one attached hydrogen (secondary N) is 1. The molecule has 1 N–H and O–H groups in total. The Kier molecular flexibility index (Phi) is 6.12. The van der Waals surface area contributed by atoms with Crippen LogP contribution in [0.25, 0.3) is 0 Å².